The van der Waals surface area contributed by atoms with Gasteiger partial charge in [-0.25, -0.2) is 4.79 Å². The van der Waals surface area contributed by atoms with Gasteiger partial charge in [-0.1, -0.05) is 42.4 Å². The van der Waals surface area contributed by atoms with E-state index in [4.69, 9.17) is 14.6 Å². The molecule has 0 bridgehead atoms. The van der Waals surface area contributed by atoms with Crippen LogP contribution in [0.3, 0.4) is 0 Å². The number of rotatable bonds is 2. The van der Waals surface area contributed by atoms with E-state index in [2.05, 4.69) is 54.9 Å². The highest BCUT2D eigenvalue weighted by Crippen LogP contribution is 2.31. The number of alkyl halides is 3. The van der Waals surface area contributed by atoms with Gasteiger partial charge in [0.1, 0.15) is 0 Å². The lowest BCUT2D eigenvalue weighted by molar-refractivity contribution is -0.192. The predicted molar refractivity (Wildman–Crippen MR) is 104 cm³/mol. The molecule has 0 radical (unpaired) electrons. The van der Waals surface area contributed by atoms with Crippen LogP contribution in [0.5, 0.6) is 0 Å². The minimum Gasteiger partial charge on any atom is -0.475 e. The van der Waals surface area contributed by atoms with E-state index in [1.165, 1.54) is 31.2 Å². The van der Waals surface area contributed by atoms with Crippen molar-refractivity contribution in [2.45, 2.75) is 57.8 Å². The molecule has 0 aromatic heterocycles. The van der Waals surface area contributed by atoms with Gasteiger partial charge in [-0.05, 0) is 44.7 Å². The third kappa shape index (κ3) is 7.37. The minimum absolute atomic E-state index is 0.391. The minimum atomic E-state index is -5.08. The summed E-state index contributed by atoms with van der Waals surface area (Å²) in [5, 5.41) is 7.12. The van der Waals surface area contributed by atoms with E-state index in [1.54, 1.807) is 0 Å². The fourth-order valence-electron chi connectivity index (χ4n) is 3.69. The lowest BCUT2D eigenvalue weighted by Crippen LogP contribution is -2.51. The van der Waals surface area contributed by atoms with Crippen LogP contribution in [-0.2, 0) is 9.53 Å². The van der Waals surface area contributed by atoms with Crippen LogP contribution in [-0.4, -0.2) is 54.0 Å². The second kappa shape index (κ2) is 10.7. The molecule has 0 amide bonds. The van der Waals surface area contributed by atoms with Crippen LogP contribution in [0.4, 0.5) is 13.2 Å². The molecule has 2 unspecified atom stereocenters. The van der Waals surface area contributed by atoms with Gasteiger partial charge in [-0.3, -0.25) is 4.90 Å². The molecule has 1 N–H and O–H groups in total. The number of carboxylic acid groups (broad SMARTS) is 1. The largest absolute Gasteiger partial charge is 0.490 e. The fraction of sp³-hybridized carbons (Fsp3) is 0.591. The number of halogens is 3. The molecule has 1 aromatic carbocycles. The lowest BCUT2D eigenvalue weighted by Gasteiger charge is -2.39. The quantitative estimate of drug-likeness (QED) is 0.739. The maximum absolute atomic E-state index is 10.6. The number of hydrogen-bond acceptors (Lipinski definition) is 3. The fourth-order valence-corrected chi connectivity index (χ4v) is 3.69. The normalized spacial score (nSPS) is 21.5. The van der Waals surface area contributed by atoms with Crippen molar-refractivity contribution < 1.29 is 27.8 Å². The van der Waals surface area contributed by atoms with Crippen molar-refractivity contribution >= 4 is 5.97 Å². The molecule has 1 aromatic rings. The Morgan fingerprint density at radius 1 is 1.24 bits per heavy atom. The summed E-state index contributed by atoms with van der Waals surface area (Å²) >= 11 is 0. The van der Waals surface area contributed by atoms with Crippen molar-refractivity contribution in [2.75, 3.05) is 19.8 Å². The Kier molecular flexibility index (Phi) is 8.54. The second-order valence-electron chi connectivity index (χ2n) is 7.59. The van der Waals surface area contributed by atoms with Gasteiger partial charge in [0.05, 0.1) is 19.3 Å². The summed E-state index contributed by atoms with van der Waals surface area (Å²) in [7, 11) is 0. The smallest absolute Gasteiger partial charge is 0.475 e. The summed E-state index contributed by atoms with van der Waals surface area (Å²) in [6.07, 6.45) is 0.312. The average molecular weight is 411 g/mol. The Bertz CT molecular complexity index is 716. The zero-order valence-electron chi connectivity index (χ0n) is 16.8. The number of carboxylic acids is 1. The number of carbonyl (C=O) groups is 1. The maximum atomic E-state index is 10.6. The molecule has 1 saturated heterocycles. The number of hydrogen-bond donors (Lipinski definition) is 1. The van der Waals surface area contributed by atoms with Crippen molar-refractivity contribution in [1.29, 1.82) is 0 Å². The number of aryl methyl sites for hydroxylation is 1. The molecule has 29 heavy (non-hydrogen) atoms. The van der Waals surface area contributed by atoms with E-state index >= 15 is 0 Å². The van der Waals surface area contributed by atoms with Crippen molar-refractivity contribution in [3.05, 3.63) is 35.4 Å². The maximum Gasteiger partial charge on any atom is 0.490 e. The Hall–Kier alpha value is -2.04. The number of nitrogens with zero attached hydrogens (tertiary/aromatic N) is 1. The van der Waals surface area contributed by atoms with Gasteiger partial charge in [0.15, 0.2) is 0 Å². The molecule has 0 spiro atoms. The predicted octanol–water partition coefficient (Wildman–Crippen LogP) is 4.26. The van der Waals surface area contributed by atoms with E-state index in [1.807, 2.05) is 0 Å². The van der Waals surface area contributed by atoms with Crippen LogP contribution in [0.2, 0.25) is 0 Å². The van der Waals surface area contributed by atoms with E-state index in [0.717, 1.165) is 31.2 Å². The molecule has 4 nitrogen and oxygen atoms in total. The molecule has 1 aliphatic carbocycles. The summed E-state index contributed by atoms with van der Waals surface area (Å²) in [5.41, 5.74) is 2.43. The number of morpholine rings is 1. The van der Waals surface area contributed by atoms with Crippen LogP contribution in [0, 0.1) is 24.7 Å². The van der Waals surface area contributed by atoms with Crippen LogP contribution in [0.1, 0.15) is 43.7 Å². The summed E-state index contributed by atoms with van der Waals surface area (Å²) in [5.74, 6) is 5.03. The standard InChI is InChI=1S/C20H27NO.C2HF3O2/c1-16-7-9-18(10-8-16)11-12-20(19-5-3-4-6-19)21-13-14-22-15-17(21)2;3-2(4,5)1(6)7/h7-10,17,19-20H,3-6,13-15H2,1-2H3;(H,6,7). The number of ether oxygens (including phenoxy) is 1. The van der Waals surface area contributed by atoms with E-state index in [0.29, 0.717) is 12.1 Å². The van der Waals surface area contributed by atoms with Gasteiger partial charge in [-0.2, -0.15) is 13.2 Å². The van der Waals surface area contributed by atoms with Crippen LogP contribution >= 0.6 is 0 Å². The molecule has 2 fully saturated rings. The first-order valence-electron chi connectivity index (χ1n) is 9.90. The zero-order chi connectivity index (χ0) is 21.4. The second-order valence-corrected chi connectivity index (χ2v) is 7.59. The van der Waals surface area contributed by atoms with Crippen molar-refractivity contribution in [2.24, 2.45) is 5.92 Å². The third-order valence-corrected chi connectivity index (χ3v) is 5.28. The van der Waals surface area contributed by atoms with Crippen LogP contribution in [0.25, 0.3) is 0 Å². The molecule has 2 atom stereocenters. The van der Waals surface area contributed by atoms with Gasteiger partial charge in [0.2, 0.25) is 0 Å². The highest BCUT2D eigenvalue weighted by atomic mass is 19.4. The van der Waals surface area contributed by atoms with Crippen LogP contribution in [0.15, 0.2) is 24.3 Å². The van der Waals surface area contributed by atoms with Gasteiger partial charge >= 0.3 is 12.1 Å². The van der Waals surface area contributed by atoms with Gasteiger partial charge in [0.25, 0.3) is 0 Å². The van der Waals surface area contributed by atoms with Crippen molar-refractivity contribution in [3.63, 3.8) is 0 Å². The first-order valence-corrected chi connectivity index (χ1v) is 9.90. The van der Waals surface area contributed by atoms with Gasteiger partial charge in [-0.15, -0.1) is 0 Å². The molecule has 1 heterocycles. The number of aliphatic carboxylic acids is 1. The van der Waals surface area contributed by atoms with E-state index in [-0.39, 0.29) is 0 Å². The summed E-state index contributed by atoms with van der Waals surface area (Å²) < 4.78 is 37.3. The Morgan fingerprint density at radius 3 is 2.34 bits per heavy atom. The first kappa shape index (κ1) is 23.2. The summed E-state index contributed by atoms with van der Waals surface area (Å²) in [6.45, 7) is 7.10. The molecule has 7 heteroatoms. The van der Waals surface area contributed by atoms with Crippen molar-refractivity contribution in [1.82, 2.24) is 4.90 Å². The van der Waals surface area contributed by atoms with Gasteiger partial charge in [0, 0.05) is 18.2 Å². The average Bonchev–Trinajstić information content (AvgIpc) is 3.19. The van der Waals surface area contributed by atoms with E-state index in [9.17, 15) is 13.2 Å². The first-order chi connectivity index (χ1) is 13.7. The molecular weight excluding hydrogens is 383 g/mol. The highest BCUT2D eigenvalue weighted by molar-refractivity contribution is 5.73. The summed E-state index contributed by atoms with van der Waals surface area (Å²) in [4.78, 5) is 11.5. The topological polar surface area (TPSA) is 49.8 Å². The van der Waals surface area contributed by atoms with Gasteiger partial charge < -0.3 is 9.84 Å². The Balaban J connectivity index is 0.000000370. The molecule has 1 saturated carbocycles. The van der Waals surface area contributed by atoms with Crippen molar-refractivity contribution in [3.8, 4) is 11.8 Å². The third-order valence-electron chi connectivity index (χ3n) is 5.28. The zero-order valence-corrected chi connectivity index (χ0v) is 16.8. The Labute approximate surface area is 170 Å². The lowest BCUT2D eigenvalue weighted by atomic mass is 9.95. The molecule has 160 valence electrons. The van der Waals surface area contributed by atoms with Crippen LogP contribution < -0.4 is 0 Å². The summed E-state index contributed by atoms with van der Waals surface area (Å²) in [6, 6.07) is 9.43. The monoisotopic (exact) mass is 411 g/mol. The number of benzene rings is 1. The highest BCUT2D eigenvalue weighted by Gasteiger charge is 2.38. The molecule has 3 rings (SSSR count). The Morgan fingerprint density at radius 2 is 1.83 bits per heavy atom. The molecule has 1 aliphatic heterocycles. The van der Waals surface area contributed by atoms with E-state index < -0.39 is 12.1 Å². The molecular formula is C22H28F3NO3. The molecule has 2 aliphatic rings. The SMILES string of the molecule is Cc1ccc(C#CC(C2CCCC2)N2CCOCC2C)cc1.O=C(O)C(F)(F)F.